The number of hydrogen-bond donors (Lipinski definition) is 3. The highest BCUT2D eigenvalue weighted by Gasteiger charge is 2.24. The number of urea groups is 1. The second kappa shape index (κ2) is 10.0. The Kier molecular flexibility index (Phi) is 6.48. The van der Waals surface area contributed by atoms with Crippen LogP contribution in [-0.2, 0) is 0 Å². The van der Waals surface area contributed by atoms with Crippen LogP contribution in [0.3, 0.4) is 0 Å². The molecule has 5 rings (SSSR count). The maximum Gasteiger partial charge on any atom is 0.317 e. The molecule has 4 aromatic rings. The lowest BCUT2D eigenvalue weighted by Crippen LogP contribution is -2.52. The number of nitrogens with one attached hydrogen (secondary N) is 3. The summed E-state index contributed by atoms with van der Waals surface area (Å²) in [7, 11) is 0. The van der Waals surface area contributed by atoms with E-state index in [4.69, 9.17) is 4.42 Å². The Hall–Kier alpha value is -4.48. The van der Waals surface area contributed by atoms with Crippen molar-refractivity contribution in [3.8, 4) is 11.4 Å². The van der Waals surface area contributed by atoms with Gasteiger partial charge in [0.1, 0.15) is 17.8 Å². The summed E-state index contributed by atoms with van der Waals surface area (Å²) in [6, 6.07) is 7.30. The molecule has 1 aliphatic rings. The average molecular weight is 489 g/mol. The van der Waals surface area contributed by atoms with E-state index in [2.05, 4.69) is 45.7 Å². The van der Waals surface area contributed by atoms with Crippen LogP contribution in [0.15, 0.2) is 47.5 Å². The SMILES string of the molecule is Cc1cc(Nc2cc(C)[nH]n2)nc(N2CCN(C(=O)N[C@@H](C)c3ccc(-c4cocn4)nc3)CC2)n1. The van der Waals surface area contributed by atoms with Gasteiger partial charge in [0.05, 0.1) is 11.7 Å². The Morgan fingerprint density at radius 1 is 1.06 bits per heavy atom. The van der Waals surface area contributed by atoms with E-state index in [1.54, 1.807) is 12.5 Å². The third-order valence-electron chi connectivity index (χ3n) is 5.98. The Balaban J connectivity index is 1.16. The number of rotatable bonds is 6. The topological polar surface area (TPSA) is 141 Å². The monoisotopic (exact) mass is 488 g/mol. The van der Waals surface area contributed by atoms with Gasteiger partial charge in [-0.25, -0.2) is 14.8 Å². The number of pyridine rings is 1. The van der Waals surface area contributed by atoms with Gasteiger partial charge in [0.15, 0.2) is 12.2 Å². The second-order valence-corrected chi connectivity index (χ2v) is 8.75. The first-order chi connectivity index (χ1) is 17.4. The van der Waals surface area contributed by atoms with Crippen LogP contribution in [-0.4, -0.2) is 67.2 Å². The van der Waals surface area contributed by atoms with Crippen molar-refractivity contribution in [3.63, 3.8) is 0 Å². The smallest absolute Gasteiger partial charge is 0.317 e. The van der Waals surface area contributed by atoms with Gasteiger partial charge in [-0.3, -0.25) is 10.1 Å². The molecule has 0 radical (unpaired) electrons. The van der Waals surface area contributed by atoms with Gasteiger partial charge < -0.3 is 24.9 Å². The molecule has 1 aliphatic heterocycles. The van der Waals surface area contributed by atoms with E-state index in [1.165, 1.54) is 6.39 Å². The first kappa shape index (κ1) is 23.3. The summed E-state index contributed by atoms with van der Waals surface area (Å²) in [4.78, 5) is 34.6. The molecule has 2 amide bonds. The van der Waals surface area contributed by atoms with E-state index in [0.29, 0.717) is 49.5 Å². The summed E-state index contributed by atoms with van der Waals surface area (Å²) in [5.74, 6) is 2.02. The van der Waals surface area contributed by atoms with Gasteiger partial charge in [-0.1, -0.05) is 6.07 Å². The van der Waals surface area contributed by atoms with Crippen LogP contribution in [0.5, 0.6) is 0 Å². The molecule has 1 saturated heterocycles. The molecule has 4 aromatic heterocycles. The van der Waals surface area contributed by atoms with Crippen LogP contribution in [0.25, 0.3) is 11.4 Å². The zero-order valence-electron chi connectivity index (χ0n) is 20.4. The summed E-state index contributed by atoms with van der Waals surface area (Å²) >= 11 is 0. The molecule has 0 aromatic carbocycles. The normalized spacial score (nSPS) is 14.5. The molecule has 1 fully saturated rings. The van der Waals surface area contributed by atoms with E-state index in [9.17, 15) is 4.79 Å². The first-order valence-corrected chi connectivity index (χ1v) is 11.7. The number of anilines is 3. The number of hydrogen-bond acceptors (Lipinski definition) is 9. The number of piperazine rings is 1. The molecule has 0 aliphatic carbocycles. The van der Waals surface area contributed by atoms with Gasteiger partial charge >= 0.3 is 6.03 Å². The number of aromatic amines is 1. The van der Waals surface area contributed by atoms with Crippen molar-refractivity contribution < 1.29 is 9.21 Å². The van der Waals surface area contributed by atoms with E-state index < -0.39 is 0 Å². The molecular weight excluding hydrogens is 460 g/mol. The molecule has 12 nitrogen and oxygen atoms in total. The number of aromatic nitrogens is 6. The fourth-order valence-electron chi connectivity index (χ4n) is 3.99. The van der Waals surface area contributed by atoms with Crippen molar-refractivity contribution in [2.75, 3.05) is 36.4 Å². The number of nitrogens with zero attached hydrogens (tertiary/aromatic N) is 7. The molecule has 5 heterocycles. The number of H-pyrrole nitrogens is 1. The standard InChI is InChI=1S/C24H28N10O2/c1-15-10-21(29-22-11-16(2)31-32-22)30-23(27-15)33-6-8-34(9-7-33)24(35)28-17(3)18-4-5-19(25-12-18)20-13-36-14-26-20/h4-5,10-14,17H,6-9H2,1-3H3,(H,28,35)(H2,27,29,30,31,32)/t17-/m0/s1. The highest BCUT2D eigenvalue weighted by Crippen LogP contribution is 2.20. The molecular formula is C24H28N10O2. The summed E-state index contributed by atoms with van der Waals surface area (Å²) in [5, 5.41) is 13.4. The molecule has 36 heavy (non-hydrogen) atoms. The molecule has 186 valence electrons. The minimum Gasteiger partial charge on any atom is -0.451 e. The van der Waals surface area contributed by atoms with Gasteiger partial charge in [0.2, 0.25) is 5.95 Å². The average Bonchev–Trinajstić information content (AvgIpc) is 3.56. The van der Waals surface area contributed by atoms with Gasteiger partial charge in [-0.15, -0.1) is 0 Å². The Morgan fingerprint density at radius 2 is 1.89 bits per heavy atom. The van der Waals surface area contributed by atoms with E-state index in [0.717, 1.165) is 22.6 Å². The minimum atomic E-state index is -0.186. The van der Waals surface area contributed by atoms with Crippen molar-refractivity contribution >= 4 is 23.6 Å². The van der Waals surface area contributed by atoms with E-state index in [-0.39, 0.29) is 12.1 Å². The Bertz CT molecular complexity index is 1310. The lowest BCUT2D eigenvalue weighted by molar-refractivity contribution is 0.191. The van der Waals surface area contributed by atoms with Crippen LogP contribution >= 0.6 is 0 Å². The third-order valence-corrected chi connectivity index (χ3v) is 5.98. The van der Waals surface area contributed by atoms with Crippen molar-refractivity contribution in [3.05, 3.63) is 60.1 Å². The van der Waals surface area contributed by atoms with Gasteiger partial charge in [0.25, 0.3) is 0 Å². The van der Waals surface area contributed by atoms with Crippen LogP contribution in [0.1, 0.15) is 29.9 Å². The minimum absolute atomic E-state index is 0.107. The Morgan fingerprint density at radius 3 is 2.56 bits per heavy atom. The van der Waals surface area contributed by atoms with E-state index >= 15 is 0 Å². The molecule has 0 saturated carbocycles. The molecule has 0 spiro atoms. The molecule has 12 heteroatoms. The van der Waals surface area contributed by atoms with E-state index in [1.807, 2.05) is 49.9 Å². The summed E-state index contributed by atoms with van der Waals surface area (Å²) in [6.45, 7) is 8.24. The number of aryl methyl sites for hydroxylation is 2. The summed E-state index contributed by atoms with van der Waals surface area (Å²) in [5.41, 5.74) is 4.12. The highest BCUT2D eigenvalue weighted by atomic mass is 16.3. The fourth-order valence-corrected chi connectivity index (χ4v) is 3.99. The number of amides is 2. The van der Waals surface area contributed by atoms with Gasteiger partial charge in [-0.2, -0.15) is 10.1 Å². The predicted octanol–water partition coefficient (Wildman–Crippen LogP) is 3.20. The molecule has 3 N–H and O–H groups in total. The lowest BCUT2D eigenvalue weighted by Gasteiger charge is -2.35. The maximum absolute atomic E-state index is 12.9. The molecule has 0 bridgehead atoms. The van der Waals surface area contributed by atoms with Crippen LogP contribution in [0.2, 0.25) is 0 Å². The Labute approximate surface area is 208 Å². The van der Waals surface area contributed by atoms with Crippen molar-refractivity contribution in [1.82, 2.24) is 40.3 Å². The summed E-state index contributed by atoms with van der Waals surface area (Å²) < 4.78 is 5.01. The zero-order chi connectivity index (χ0) is 25.1. The van der Waals surface area contributed by atoms with Crippen molar-refractivity contribution in [1.29, 1.82) is 0 Å². The molecule has 1 atom stereocenters. The fraction of sp³-hybridized carbons (Fsp3) is 0.333. The van der Waals surface area contributed by atoms with Crippen LogP contribution in [0.4, 0.5) is 22.4 Å². The lowest BCUT2D eigenvalue weighted by atomic mass is 10.1. The van der Waals surface area contributed by atoms with Gasteiger partial charge in [-0.05, 0) is 32.4 Å². The van der Waals surface area contributed by atoms with Crippen LogP contribution in [0, 0.1) is 13.8 Å². The predicted molar refractivity (Wildman–Crippen MR) is 134 cm³/mol. The third kappa shape index (κ3) is 5.27. The first-order valence-electron chi connectivity index (χ1n) is 11.7. The number of oxazole rings is 1. The zero-order valence-corrected chi connectivity index (χ0v) is 20.4. The highest BCUT2D eigenvalue weighted by molar-refractivity contribution is 5.75. The molecule has 0 unspecified atom stereocenters. The largest absolute Gasteiger partial charge is 0.451 e. The summed E-state index contributed by atoms with van der Waals surface area (Å²) in [6.07, 6.45) is 4.67. The number of carbonyl (C=O) groups is 1. The van der Waals surface area contributed by atoms with Crippen molar-refractivity contribution in [2.24, 2.45) is 0 Å². The quantitative estimate of drug-likeness (QED) is 0.373. The number of carbonyl (C=O) groups excluding carboxylic acids is 1. The van der Waals surface area contributed by atoms with Crippen LogP contribution < -0.4 is 15.5 Å². The van der Waals surface area contributed by atoms with Crippen molar-refractivity contribution in [2.45, 2.75) is 26.8 Å². The van der Waals surface area contributed by atoms with Gasteiger partial charge in [0, 0.05) is 55.9 Å². The second-order valence-electron chi connectivity index (χ2n) is 8.75. The maximum atomic E-state index is 12.9.